The molecule has 0 fully saturated rings. The number of pyridine rings is 2. The molecule has 0 radical (unpaired) electrons. The van der Waals surface area contributed by atoms with Crippen LogP contribution in [-0.2, 0) is 37.3 Å². The van der Waals surface area contributed by atoms with Gasteiger partial charge in [-0.15, -0.1) is 34.9 Å². The van der Waals surface area contributed by atoms with Crippen LogP contribution in [0.2, 0.25) is 0 Å². The summed E-state index contributed by atoms with van der Waals surface area (Å²) in [5.74, 6) is 0.813. The topological polar surface area (TPSA) is 63.8 Å². The second-order valence-corrected chi connectivity index (χ2v) is 16.9. The normalized spacial score (nSPS) is 12.3. The molecule has 0 aliphatic rings. The number of para-hydroxylation sites is 1. The van der Waals surface area contributed by atoms with Gasteiger partial charge in [-0.1, -0.05) is 116 Å². The Labute approximate surface area is 322 Å². The van der Waals surface area contributed by atoms with E-state index < -0.39 is 0 Å². The zero-order valence-electron chi connectivity index (χ0n) is 31.8. The molecule has 3 aromatic heterocycles. The first-order valence-corrected chi connectivity index (χ1v) is 17.8. The van der Waals surface area contributed by atoms with E-state index >= 15 is 0 Å². The van der Waals surface area contributed by atoms with E-state index in [-0.39, 0.29) is 43.1 Å². The number of phenols is 1. The van der Waals surface area contributed by atoms with E-state index in [2.05, 4.69) is 147 Å². The molecule has 6 heteroatoms. The summed E-state index contributed by atoms with van der Waals surface area (Å²) in [5, 5.41) is 12.5. The molecule has 0 unspecified atom stereocenters. The number of phenolic OH excluding ortho intramolecular Hbond substituents is 1. The van der Waals surface area contributed by atoms with Crippen molar-refractivity contribution in [2.45, 2.75) is 85.5 Å². The van der Waals surface area contributed by atoms with Crippen molar-refractivity contribution in [3.05, 3.63) is 126 Å². The fourth-order valence-electron chi connectivity index (χ4n) is 6.73. The number of hydrogen-bond acceptors (Lipinski definition) is 4. The van der Waals surface area contributed by atoms with E-state index in [1.807, 2.05) is 24.5 Å². The molecule has 7 rings (SSSR count). The Balaban J connectivity index is 0.00000464. The van der Waals surface area contributed by atoms with Crippen LogP contribution in [0.3, 0.4) is 0 Å². The van der Waals surface area contributed by atoms with Crippen molar-refractivity contribution in [2.75, 3.05) is 0 Å². The molecule has 5 nitrogen and oxygen atoms in total. The first-order valence-electron chi connectivity index (χ1n) is 17.8. The number of nitrogens with zero attached hydrogens (tertiary/aromatic N) is 4. The van der Waals surface area contributed by atoms with E-state index in [1.54, 1.807) is 6.07 Å². The minimum Gasteiger partial charge on any atom is -0.507 e. The summed E-state index contributed by atoms with van der Waals surface area (Å²) in [5.41, 5.74) is 12.4. The van der Waals surface area contributed by atoms with Gasteiger partial charge in [0.15, 0.2) is 5.65 Å². The van der Waals surface area contributed by atoms with Crippen LogP contribution >= 0.6 is 0 Å². The maximum absolute atomic E-state index is 11.4. The third-order valence-electron chi connectivity index (χ3n) is 9.95. The maximum atomic E-state index is 11.4. The number of benzene rings is 4. The Hall–Kier alpha value is -4.60. The van der Waals surface area contributed by atoms with E-state index in [0.717, 1.165) is 49.9 Å². The van der Waals surface area contributed by atoms with Crippen LogP contribution < -0.4 is 0 Å². The zero-order valence-corrected chi connectivity index (χ0v) is 34.1. The monoisotopic (exact) mass is 866 g/mol. The third kappa shape index (κ3) is 6.84. The predicted molar refractivity (Wildman–Crippen MR) is 212 cm³/mol. The van der Waals surface area contributed by atoms with Crippen LogP contribution in [0.5, 0.6) is 5.75 Å². The van der Waals surface area contributed by atoms with E-state index in [4.69, 9.17) is 15.0 Å². The molecule has 0 amide bonds. The molecule has 0 atom stereocenters. The molecule has 268 valence electrons. The van der Waals surface area contributed by atoms with Gasteiger partial charge in [0.05, 0.1) is 11.1 Å². The molecular formula is C46H47N4OPt-. The molecule has 0 bridgehead atoms. The van der Waals surface area contributed by atoms with Gasteiger partial charge in [-0.25, -0.2) is 9.97 Å². The molecule has 0 spiro atoms. The Morgan fingerprint density at radius 1 is 0.596 bits per heavy atom. The fraction of sp³-hybridized carbons (Fsp3) is 0.283. The molecule has 0 saturated carbocycles. The van der Waals surface area contributed by atoms with Crippen molar-refractivity contribution >= 4 is 22.1 Å². The average Bonchev–Trinajstić information content (AvgIpc) is 3.46. The van der Waals surface area contributed by atoms with Gasteiger partial charge in [-0.3, -0.25) is 9.55 Å². The smallest absolute Gasteiger partial charge is 0.157 e. The quantitative estimate of drug-likeness (QED) is 0.179. The van der Waals surface area contributed by atoms with Gasteiger partial charge in [0.1, 0.15) is 11.6 Å². The van der Waals surface area contributed by atoms with Crippen molar-refractivity contribution in [3.8, 4) is 45.1 Å². The molecule has 1 N–H and O–H groups in total. The standard InChI is InChI=1S/C46H47N4O.Pt/c1-28-20-22-47-40-35(28)12-11-13-36(40)29-24-30(26-33(25-29)46(8,9)10)37-21-23-48-43-41(37)49-42(38-27-32(45(5,6)7)16-19-39(38)51)50(43)34-17-14-31(15-18-34)44(2,3)4;/h11-23,25-27,51H,1-10H3;/q-1;. The van der Waals surface area contributed by atoms with Crippen LogP contribution in [0.15, 0.2) is 97.3 Å². The van der Waals surface area contributed by atoms with Gasteiger partial charge >= 0.3 is 0 Å². The molecule has 3 heterocycles. The van der Waals surface area contributed by atoms with E-state index in [1.165, 1.54) is 16.7 Å². The Kier molecular flexibility index (Phi) is 9.59. The second kappa shape index (κ2) is 13.4. The van der Waals surface area contributed by atoms with Crippen molar-refractivity contribution in [2.24, 2.45) is 0 Å². The SMILES string of the molecule is Cc1ccnc2c(-c3[c-]c(-c4ccnc5c4nc(-c4cc(C(C)(C)C)ccc4O)n5-c4ccc(C(C)(C)C)cc4)cc(C(C)(C)C)c3)cccc12.[Pt]. The summed E-state index contributed by atoms with van der Waals surface area (Å²) in [6.45, 7) is 22.0. The molecule has 4 aromatic carbocycles. The summed E-state index contributed by atoms with van der Waals surface area (Å²) in [7, 11) is 0. The van der Waals surface area contributed by atoms with Gasteiger partial charge in [0.2, 0.25) is 0 Å². The van der Waals surface area contributed by atoms with Gasteiger partial charge in [0.25, 0.3) is 0 Å². The van der Waals surface area contributed by atoms with Gasteiger partial charge in [-0.2, -0.15) is 0 Å². The Bertz CT molecular complexity index is 2440. The van der Waals surface area contributed by atoms with Crippen LogP contribution in [0.1, 0.15) is 84.6 Å². The van der Waals surface area contributed by atoms with Crippen LogP contribution in [-0.4, -0.2) is 24.6 Å². The number of aromatic nitrogens is 4. The van der Waals surface area contributed by atoms with Crippen molar-refractivity contribution < 1.29 is 26.2 Å². The molecular weight excluding hydrogens is 820 g/mol. The maximum Gasteiger partial charge on any atom is 0.157 e. The average molecular weight is 867 g/mol. The van der Waals surface area contributed by atoms with Crippen molar-refractivity contribution in [1.82, 2.24) is 19.5 Å². The number of aryl methyl sites for hydroxylation is 1. The molecule has 52 heavy (non-hydrogen) atoms. The summed E-state index contributed by atoms with van der Waals surface area (Å²) < 4.78 is 2.08. The number of hydrogen-bond donors (Lipinski definition) is 1. The second-order valence-electron chi connectivity index (χ2n) is 16.9. The molecule has 7 aromatic rings. The van der Waals surface area contributed by atoms with E-state index in [9.17, 15) is 5.11 Å². The van der Waals surface area contributed by atoms with Crippen molar-refractivity contribution in [1.29, 1.82) is 0 Å². The minimum absolute atomic E-state index is 0. The Morgan fingerprint density at radius 3 is 1.83 bits per heavy atom. The predicted octanol–water partition coefficient (Wildman–Crippen LogP) is 11.7. The fourth-order valence-corrected chi connectivity index (χ4v) is 6.73. The third-order valence-corrected chi connectivity index (χ3v) is 9.95. The summed E-state index contributed by atoms with van der Waals surface area (Å²) in [6, 6.07) is 33.2. The largest absolute Gasteiger partial charge is 0.507 e. The van der Waals surface area contributed by atoms with Crippen LogP contribution in [0, 0.1) is 13.0 Å². The summed E-state index contributed by atoms with van der Waals surface area (Å²) in [4.78, 5) is 15.1. The molecule has 0 aliphatic carbocycles. The number of fused-ring (bicyclic) bond motifs is 2. The van der Waals surface area contributed by atoms with Gasteiger partial charge in [-0.05, 0) is 75.6 Å². The number of rotatable bonds is 4. The summed E-state index contributed by atoms with van der Waals surface area (Å²) >= 11 is 0. The Morgan fingerprint density at radius 2 is 1.19 bits per heavy atom. The minimum atomic E-state index is -0.128. The number of imidazole rings is 1. The van der Waals surface area contributed by atoms with Crippen LogP contribution in [0.4, 0.5) is 0 Å². The summed E-state index contributed by atoms with van der Waals surface area (Å²) in [6.07, 6.45) is 3.74. The molecule has 0 saturated heterocycles. The number of aromatic hydroxyl groups is 1. The van der Waals surface area contributed by atoms with Gasteiger partial charge < -0.3 is 5.11 Å². The molecule has 0 aliphatic heterocycles. The van der Waals surface area contributed by atoms with Gasteiger partial charge in [0, 0.05) is 44.7 Å². The zero-order chi connectivity index (χ0) is 36.5. The first kappa shape index (κ1) is 37.2. The first-order chi connectivity index (χ1) is 24.0. The van der Waals surface area contributed by atoms with E-state index in [0.29, 0.717) is 17.0 Å². The van der Waals surface area contributed by atoms with Crippen LogP contribution in [0.25, 0.3) is 61.4 Å². The van der Waals surface area contributed by atoms with Crippen molar-refractivity contribution in [3.63, 3.8) is 0 Å².